The van der Waals surface area contributed by atoms with E-state index in [0.29, 0.717) is 28.3 Å². The lowest BCUT2D eigenvalue weighted by Gasteiger charge is -2.20. The zero-order valence-corrected chi connectivity index (χ0v) is 20.5. The maximum Gasteiger partial charge on any atom is 0.253 e. The molecule has 33 heavy (non-hydrogen) atoms. The van der Waals surface area contributed by atoms with Crippen molar-refractivity contribution in [3.63, 3.8) is 0 Å². The summed E-state index contributed by atoms with van der Waals surface area (Å²) in [6.45, 7) is 7.70. The quantitative estimate of drug-likeness (QED) is 0.578. The van der Waals surface area contributed by atoms with E-state index < -0.39 is 0 Å². The average molecular weight is 468 g/mol. The van der Waals surface area contributed by atoms with Gasteiger partial charge in [-0.05, 0) is 65.6 Å². The number of nitrogens with one attached hydrogen (secondary N) is 1. The van der Waals surface area contributed by atoms with E-state index in [0.717, 1.165) is 36.7 Å². The predicted octanol–water partition coefficient (Wildman–Crippen LogP) is 4.40. The number of likely N-dealkylation sites (tertiary alicyclic amines) is 1. The van der Waals surface area contributed by atoms with Gasteiger partial charge in [0.15, 0.2) is 0 Å². The molecule has 174 valence electrons. The van der Waals surface area contributed by atoms with E-state index >= 15 is 0 Å². The van der Waals surface area contributed by atoms with Crippen LogP contribution in [0.3, 0.4) is 0 Å². The lowest BCUT2D eigenvalue weighted by Crippen LogP contribution is -2.34. The number of carbonyl (C=O) groups is 1. The molecule has 1 aliphatic heterocycles. The van der Waals surface area contributed by atoms with Gasteiger partial charge >= 0.3 is 0 Å². The summed E-state index contributed by atoms with van der Waals surface area (Å²) < 4.78 is 2.09. The molecule has 1 atom stereocenters. The topological polar surface area (TPSA) is 79.2 Å². The second kappa shape index (κ2) is 9.49. The van der Waals surface area contributed by atoms with E-state index in [-0.39, 0.29) is 11.9 Å². The molecule has 1 fully saturated rings. The SMILES string of the molecule is Cc1ncc(-c2nc(Nc3ccc(C(=O)N4CC[C@H](N(C)C)C4)cc3)ncc2Cl)n1C(C)C. The summed E-state index contributed by atoms with van der Waals surface area (Å²) in [5, 5.41) is 3.68. The fraction of sp³-hybridized carbons (Fsp3) is 0.417. The summed E-state index contributed by atoms with van der Waals surface area (Å²) in [6, 6.07) is 8.05. The molecule has 0 radical (unpaired) electrons. The highest BCUT2D eigenvalue weighted by Gasteiger charge is 2.28. The molecule has 0 saturated carbocycles. The Morgan fingerprint density at radius 2 is 1.91 bits per heavy atom. The molecule has 3 heterocycles. The Hall–Kier alpha value is -2.97. The van der Waals surface area contributed by atoms with Crippen molar-refractivity contribution in [2.75, 3.05) is 32.5 Å². The maximum absolute atomic E-state index is 12.9. The Morgan fingerprint density at radius 1 is 1.18 bits per heavy atom. The van der Waals surface area contributed by atoms with Gasteiger partial charge < -0.3 is 19.7 Å². The highest BCUT2D eigenvalue weighted by Crippen LogP contribution is 2.30. The summed E-state index contributed by atoms with van der Waals surface area (Å²) in [5.41, 5.74) is 2.94. The van der Waals surface area contributed by atoms with Gasteiger partial charge in [-0.3, -0.25) is 4.79 Å². The van der Waals surface area contributed by atoms with Gasteiger partial charge in [0.05, 0.1) is 23.1 Å². The second-order valence-electron chi connectivity index (χ2n) is 8.90. The molecule has 9 heteroatoms. The molecule has 1 saturated heterocycles. The van der Waals surface area contributed by atoms with E-state index in [1.54, 1.807) is 12.4 Å². The summed E-state index contributed by atoms with van der Waals surface area (Å²) >= 11 is 6.43. The van der Waals surface area contributed by atoms with E-state index in [1.165, 1.54) is 0 Å². The Kier molecular flexibility index (Phi) is 6.67. The van der Waals surface area contributed by atoms with Gasteiger partial charge in [-0.15, -0.1) is 0 Å². The van der Waals surface area contributed by atoms with Crippen LogP contribution in [0.15, 0.2) is 36.7 Å². The van der Waals surface area contributed by atoms with Crippen LogP contribution in [-0.2, 0) is 0 Å². The third kappa shape index (κ3) is 4.86. The number of hydrogen-bond acceptors (Lipinski definition) is 6. The fourth-order valence-electron chi connectivity index (χ4n) is 4.24. The Labute approximate surface area is 199 Å². The van der Waals surface area contributed by atoms with Crippen molar-refractivity contribution in [1.29, 1.82) is 0 Å². The van der Waals surface area contributed by atoms with Crippen LogP contribution in [-0.4, -0.2) is 68.5 Å². The van der Waals surface area contributed by atoms with Crippen molar-refractivity contribution in [3.05, 3.63) is 53.1 Å². The van der Waals surface area contributed by atoms with Crippen LogP contribution in [0.2, 0.25) is 5.02 Å². The number of halogens is 1. The summed E-state index contributed by atoms with van der Waals surface area (Å²) in [5.74, 6) is 1.39. The van der Waals surface area contributed by atoms with Crippen LogP contribution in [0, 0.1) is 6.92 Å². The molecule has 0 bridgehead atoms. The van der Waals surface area contributed by atoms with Gasteiger partial charge in [0.1, 0.15) is 11.5 Å². The van der Waals surface area contributed by atoms with Crippen molar-refractivity contribution in [2.45, 2.75) is 39.3 Å². The largest absolute Gasteiger partial charge is 0.337 e. The molecule has 1 aromatic carbocycles. The third-order valence-corrected chi connectivity index (χ3v) is 6.33. The van der Waals surface area contributed by atoms with Crippen molar-refractivity contribution in [2.24, 2.45) is 0 Å². The fourth-order valence-corrected chi connectivity index (χ4v) is 4.43. The monoisotopic (exact) mass is 467 g/mol. The number of likely N-dealkylation sites (N-methyl/N-ethyl adjacent to an activating group) is 1. The van der Waals surface area contributed by atoms with E-state index in [4.69, 9.17) is 11.6 Å². The van der Waals surface area contributed by atoms with E-state index in [2.05, 4.69) is 57.7 Å². The van der Waals surface area contributed by atoms with Gasteiger partial charge in [0.2, 0.25) is 5.95 Å². The van der Waals surface area contributed by atoms with Crippen LogP contribution >= 0.6 is 11.6 Å². The van der Waals surface area contributed by atoms with Gasteiger partial charge in [-0.1, -0.05) is 11.6 Å². The van der Waals surface area contributed by atoms with Crippen molar-refractivity contribution in [3.8, 4) is 11.4 Å². The molecule has 0 aliphatic carbocycles. The maximum atomic E-state index is 12.9. The average Bonchev–Trinajstić information content (AvgIpc) is 3.42. The number of rotatable bonds is 6. The first-order chi connectivity index (χ1) is 15.7. The number of hydrogen-bond donors (Lipinski definition) is 1. The van der Waals surface area contributed by atoms with Crippen LogP contribution in [0.5, 0.6) is 0 Å². The zero-order valence-electron chi connectivity index (χ0n) is 19.7. The van der Waals surface area contributed by atoms with E-state index in [1.807, 2.05) is 36.1 Å². The minimum atomic E-state index is 0.0632. The highest BCUT2D eigenvalue weighted by atomic mass is 35.5. The van der Waals surface area contributed by atoms with E-state index in [9.17, 15) is 4.79 Å². The molecular formula is C24H30ClN7O. The molecule has 4 rings (SSSR count). The van der Waals surface area contributed by atoms with Gasteiger partial charge in [0.25, 0.3) is 5.91 Å². The zero-order chi connectivity index (χ0) is 23.7. The number of nitrogens with zero attached hydrogens (tertiary/aromatic N) is 6. The smallest absolute Gasteiger partial charge is 0.253 e. The van der Waals surface area contributed by atoms with Crippen LogP contribution in [0.25, 0.3) is 11.4 Å². The van der Waals surface area contributed by atoms with Crippen LogP contribution in [0.4, 0.5) is 11.6 Å². The number of aryl methyl sites for hydroxylation is 1. The first kappa shape index (κ1) is 23.2. The van der Waals surface area contributed by atoms with Crippen molar-refractivity contribution < 1.29 is 4.79 Å². The first-order valence-corrected chi connectivity index (χ1v) is 11.5. The predicted molar refractivity (Wildman–Crippen MR) is 131 cm³/mol. The summed E-state index contributed by atoms with van der Waals surface area (Å²) in [6.07, 6.45) is 4.38. The minimum Gasteiger partial charge on any atom is -0.337 e. The Balaban J connectivity index is 1.50. The Morgan fingerprint density at radius 3 is 2.55 bits per heavy atom. The first-order valence-electron chi connectivity index (χ1n) is 11.1. The Bertz CT molecular complexity index is 1140. The molecule has 3 aromatic rings. The van der Waals surface area contributed by atoms with Crippen LogP contribution < -0.4 is 5.32 Å². The summed E-state index contributed by atoms with van der Waals surface area (Å²) in [4.78, 5) is 30.3. The minimum absolute atomic E-state index is 0.0632. The third-order valence-electron chi connectivity index (χ3n) is 6.05. The van der Waals surface area contributed by atoms with Crippen molar-refractivity contribution >= 4 is 29.1 Å². The standard InChI is InChI=1S/C24H30ClN7O/c1-15(2)32-16(3)26-13-21(32)22-20(25)12-27-24(29-22)28-18-8-6-17(7-9-18)23(33)31-11-10-19(14-31)30(4)5/h6-9,12-13,15,19H,10-11,14H2,1-5H3,(H,27,28,29)/t19-/m0/s1. The lowest BCUT2D eigenvalue weighted by atomic mass is 10.2. The molecule has 8 nitrogen and oxygen atoms in total. The molecule has 1 N–H and O–H groups in total. The van der Waals surface area contributed by atoms with Crippen LogP contribution in [0.1, 0.15) is 42.5 Å². The normalized spacial score (nSPS) is 16.1. The number of carbonyl (C=O) groups excluding carboxylic acids is 1. The second-order valence-corrected chi connectivity index (χ2v) is 9.31. The van der Waals surface area contributed by atoms with Crippen molar-refractivity contribution in [1.82, 2.24) is 29.3 Å². The molecule has 1 amide bonds. The summed E-state index contributed by atoms with van der Waals surface area (Å²) in [7, 11) is 4.11. The van der Waals surface area contributed by atoms with Gasteiger partial charge in [0, 0.05) is 36.4 Å². The number of amides is 1. The molecule has 1 aliphatic rings. The molecule has 2 aromatic heterocycles. The van der Waals surface area contributed by atoms with Gasteiger partial charge in [-0.25, -0.2) is 15.0 Å². The van der Waals surface area contributed by atoms with Gasteiger partial charge in [-0.2, -0.15) is 0 Å². The number of anilines is 2. The molecule has 0 unspecified atom stereocenters. The molecular weight excluding hydrogens is 438 g/mol. The highest BCUT2D eigenvalue weighted by molar-refractivity contribution is 6.32. The number of aromatic nitrogens is 4. The number of imidazole rings is 1. The molecule has 0 spiro atoms. The lowest BCUT2D eigenvalue weighted by molar-refractivity contribution is 0.0783. The number of benzene rings is 1.